The highest BCUT2D eigenvalue weighted by atomic mass is 19.1. The van der Waals surface area contributed by atoms with E-state index >= 15 is 0 Å². The van der Waals surface area contributed by atoms with Crippen molar-refractivity contribution in [1.82, 2.24) is 4.98 Å². The zero-order valence-corrected chi connectivity index (χ0v) is 10.5. The Balaban J connectivity index is 1.85. The molecule has 1 heterocycles. The molecule has 0 saturated carbocycles. The van der Waals surface area contributed by atoms with Gasteiger partial charge in [0.2, 0.25) is 0 Å². The number of halogens is 1. The van der Waals surface area contributed by atoms with E-state index in [1.54, 1.807) is 30.3 Å². The van der Waals surface area contributed by atoms with Gasteiger partial charge in [0.15, 0.2) is 5.58 Å². The number of oxazole rings is 1. The Labute approximate surface area is 113 Å². The minimum Gasteiger partial charge on any atom is -0.408 e. The van der Waals surface area contributed by atoms with E-state index in [4.69, 9.17) is 4.42 Å². The van der Waals surface area contributed by atoms with E-state index in [0.717, 1.165) is 5.56 Å². The normalized spacial score (nSPS) is 12.7. The average Bonchev–Trinajstić information content (AvgIpc) is 2.80. The maximum absolute atomic E-state index is 12.8. The van der Waals surface area contributed by atoms with Gasteiger partial charge in [0.1, 0.15) is 5.82 Å². The fraction of sp³-hybridized carbons (Fsp3) is 0.133. The van der Waals surface area contributed by atoms with Crippen LogP contribution in [0.1, 0.15) is 17.2 Å². The smallest absolute Gasteiger partial charge is 0.408 e. The van der Waals surface area contributed by atoms with Crippen molar-refractivity contribution in [1.29, 1.82) is 0 Å². The molecule has 4 nitrogen and oxygen atoms in total. The van der Waals surface area contributed by atoms with Gasteiger partial charge < -0.3 is 9.52 Å². The standard InChI is InChI=1S/C15H12FNO3/c16-11-4-1-9(2-5-11)7-13(18)10-3-6-12-14(8-10)20-15(19)17-12/h1-6,8,13,18H,7H2,(H,17,19). The van der Waals surface area contributed by atoms with Crippen LogP contribution in [-0.2, 0) is 6.42 Å². The molecule has 3 rings (SSSR count). The molecule has 0 aliphatic heterocycles. The quantitative estimate of drug-likeness (QED) is 0.770. The summed E-state index contributed by atoms with van der Waals surface area (Å²) in [5.41, 5.74) is 2.47. The maximum Gasteiger partial charge on any atom is 0.417 e. The van der Waals surface area contributed by atoms with E-state index in [1.807, 2.05) is 0 Å². The van der Waals surface area contributed by atoms with Crippen molar-refractivity contribution in [2.75, 3.05) is 0 Å². The lowest BCUT2D eigenvalue weighted by molar-refractivity contribution is 0.178. The highest BCUT2D eigenvalue weighted by molar-refractivity contribution is 5.72. The van der Waals surface area contributed by atoms with E-state index in [2.05, 4.69) is 4.98 Å². The highest BCUT2D eigenvalue weighted by Gasteiger charge is 2.11. The monoisotopic (exact) mass is 273 g/mol. The SMILES string of the molecule is O=c1[nH]c2ccc(C(O)Cc3ccc(F)cc3)cc2o1. The van der Waals surface area contributed by atoms with Crippen molar-refractivity contribution in [2.24, 2.45) is 0 Å². The molecule has 1 aromatic heterocycles. The third-order valence-electron chi connectivity index (χ3n) is 3.17. The zero-order valence-electron chi connectivity index (χ0n) is 10.5. The first-order valence-corrected chi connectivity index (χ1v) is 6.17. The van der Waals surface area contributed by atoms with Gasteiger partial charge in [-0.3, -0.25) is 4.98 Å². The molecule has 0 aliphatic rings. The number of aliphatic hydroxyl groups excluding tert-OH is 1. The number of aromatic nitrogens is 1. The van der Waals surface area contributed by atoms with Crippen LogP contribution in [0.4, 0.5) is 4.39 Å². The van der Waals surface area contributed by atoms with Crippen LogP contribution in [0.5, 0.6) is 0 Å². The highest BCUT2D eigenvalue weighted by Crippen LogP contribution is 2.22. The second-order valence-electron chi connectivity index (χ2n) is 4.62. The molecule has 0 amide bonds. The molecule has 0 radical (unpaired) electrons. The van der Waals surface area contributed by atoms with Crippen LogP contribution in [0.2, 0.25) is 0 Å². The largest absolute Gasteiger partial charge is 0.417 e. The van der Waals surface area contributed by atoms with Crippen LogP contribution in [0.15, 0.2) is 51.7 Å². The van der Waals surface area contributed by atoms with Gasteiger partial charge in [-0.15, -0.1) is 0 Å². The van der Waals surface area contributed by atoms with Crippen LogP contribution in [0, 0.1) is 5.82 Å². The van der Waals surface area contributed by atoms with Gasteiger partial charge in [-0.05, 0) is 35.4 Å². The first-order valence-electron chi connectivity index (χ1n) is 6.17. The predicted molar refractivity (Wildman–Crippen MR) is 71.9 cm³/mol. The molecule has 0 bridgehead atoms. The number of fused-ring (bicyclic) bond motifs is 1. The molecule has 2 N–H and O–H groups in total. The summed E-state index contributed by atoms with van der Waals surface area (Å²) in [5.74, 6) is -0.830. The van der Waals surface area contributed by atoms with Crippen LogP contribution < -0.4 is 5.76 Å². The summed E-state index contributed by atoms with van der Waals surface area (Å²) in [4.78, 5) is 13.6. The minimum absolute atomic E-state index is 0.307. The van der Waals surface area contributed by atoms with Crippen LogP contribution >= 0.6 is 0 Å². The van der Waals surface area contributed by atoms with Gasteiger partial charge in [0.05, 0.1) is 11.6 Å². The first-order chi connectivity index (χ1) is 9.61. The predicted octanol–water partition coefficient (Wildman–Crippen LogP) is 2.54. The summed E-state index contributed by atoms with van der Waals surface area (Å²) < 4.78 is 17.8. The Morgan fingerprint density at radius 2 is 1.95 bits per heavy atom. The Hall–Kier alpha value is -2.40. The summed E-state index contributed by atoms with van der Waals surface area (Å²) in [6.07, 6.45) is -0.384. The van der Waals surface area contributed by atoms with Gasteiger partial charge in [-0.2, -0.15) is 0 Å². The second-order valence-corrected chi connectivity index (χ2v) is 4.62. The van der Waals surface area contributed by atoms with Crippen molar-refractivity contribution in [2.45, 2.75) is 12.5 Å². The maximum atomic E-state index is 12.8. The molecule has 0 fully saturated rings. The van der Waals surface area contributed by atoms with Crippen molar-refractivity contribution in [3.05, 3.63) is 70.0 Å². The third-order valence-corrected chi connectivity index (χ3v) is 3.17. The van der Waals surface area contributed by atoms with Crippen molar-refractivity contribution in [3.63, 3.8) is 0 Å². The van der Waals surface area contributed by atoms with E-state index < -0.39 is 11.9 Å². The summed E-state index contributed by atoms with van der Waals surface area (Å²) in [5, 5.41) is 10.2. The van der Waals surface area contributed by atoms with Crippen molar-refractivity contribution in [3.8, 4) is 0 Å². The van der Waals surface area contributed by atoms with Crippen LogP contribution in [0.25, 0.3) is 11.1 Å². The minimum atomic E-state index is -0.745. The first kappa shape index (κ1) is 12.6. The molecule has 20 heavy (non-hydrogen) atoms. The molecule has 0 saturated heterocycles. The van der Waals surface area contributed by atoms with Gasteiger partial charge in [0.25, 0.3) is 0 Å². The Bertz CT molecular complexity index is 789. The number of aromatic amines is 1. The molecule has 0 aliphatic carbocycles. The van der Waals surface area contributed by atoms with Gasteiger partial charge >= 0.3 is 5.76 Å². The van der Waals surface area contributed by atoms with E-state index in [-0.39, 0.29) is 5.82 Å². The lowest BCUT2D eigenvalue weighted by atomic mass is 10.0. The summed E-state index contributed by atoms with van der Waals surface area (Å²) in [6.45, 7) is 0. The fourth-order valence-electron chi connectivity index (χ4n) is 2.13. The molecular formula is C15H12FNO3. The van der Waals surface area contributed by atoms with Gasteiger partial charge in [-0.1, -0.05) is 18.2 Å². The van der Waals surface area contributed by atoms with Crippen LogP contribution in [-0.4, -0.2) is 10.1 Å². The molecule has 2 aromatic carbocycles. The summed E-state index contributed by atoms with van der Waals surface area (Å²) in [7, 11) is 0. The number of hydrogen-bond donors (Lipinski definition) is 2. The number of aliphatic hydroxyl groups is 1. The molecule has 1 atom stereocenters. The molecule has 5 heteroatoms. The number of benzene rings is 2. The van der Waals surface area contributed by atoms with Crippen LogP contribution in [0.3, 0.4) is 0 Å². The zero-order chi connectivity index (χ0) is 14.1. The molecule has 1 unspecified atom stereocenters. The fourth-order valence-corrected chi connectivity index (χ4v) is 2.13. The van der Waals surface area contributed by atoms with Gasteiger partial charge in [0, 0.05) is 6.42 Å². The Morgan fingerprint density at radius 3 is 2.70 bits per heavy atom. The molecule has 102 valence electrons. The van der Waals surface area contributed by atoms with Crippen molar-refractivity contribution >= 4 is 11.1 Å². The number of H-pyrrole nitrogens is 1. The Kier molecular flexibility index (Phi) is 3.12. The van der Waals surface area contributed by atoms with E-state index in [0.29, 0.717) is 23.1 Å². The van der Waals surface area contributed by atoms with Crippen molar-refractivity contribution < 1.29 is 13.9 Å². The lowest BCUT2D eigenvalue weighted by Crippen LogP contribution is -2.01. The molecule has 0 spiro atoms. The third kappa shape index (κ3) is 2.48. The topological polar surface area (TPSA) is 66.2 Å². The van der Waals surface area contributed by atoms with Gasteiger partial charge in [-0.25, -0.2) is 9.18 Å². The lowest BCUT2D eigenvalue weighted by Gasteiger charge is -2.10. The average molecular weight is 273 g/mol. The number of hydrogen-bond acceptors (Lipinski definition) is 3. The van der Waals surface area contributed by atoms with E-state index in [9.17, 15) is 14.3 Å². The Morgan fingerprint density at radius 1 is 1.20 bits per heavy atom. The second kappa shape index (κ2) is 4.94. The summed E-state index contributed by atoms with van der Waals surface area (Å²) >= 11 is 0. The number of nitrogens with one attached hydrogen (secondary N) is 1. The van der Waals surface area contributed by atoms with E-state index in [1.165, 1.54) is 12.1 Å². The molecular weight excluding hydrogens is 261 g/mol. The molecule has 3 aromatic rings. The summed E-state index contributed by atoms with van der Waals surface area (Å²) in [6, 6.07) is 11.0. The number of rotatable bonds is 3.